The van der Waals surface area contributed by atoms with Crippen LogP contribution in [0.15, 0.2) is 0 Å². The number of carbonyl (C=O) groups excluding carboxylic acids is 4. The van der Waals surface area contributed by atoms with E-state index in [0.29, 0.717) is 0 Å². The zero-order valence-electron chi connectivity index (χ0n) is 15.0. The van der Waals surface area contributed by atoms with E-state index in [1.165, 1.54) is 0 Å². The van der Waals surface area contributed by atoms with E-state index in [1.807, 2.05) is 0 Å². The van der Waals surface area contributed by atoms with Crippen molar-refractivity contribution in [2.45, 2.75) is 41.5 Å². The summed E-state index contributed by atoms with van der Waals surface area (Å²) in [5, 5.41) is 50.4. The Morgan fingerprint density at radius 1 is 0.500 bits per heavy atom. The Hall–Kier alpha value is -2.34. The van der Waals surface area contributed by atoms with E-state index in [2.05, 4.69) is 0 Å². The minimum Gasteiger partial charge on any atom is -0.550 e. The molecular weight excluding hydrogens is 443 g/mol. The molecule has 0 unspecified atom stereocenters. The number of carbonyl (C=O) groups is 6. The van der Waals surface area contributed by atoms with E-state index in [9.17, 15) is 0 Å². The Morgan fingerprint density at radius 3 is 0.500 bits per heavy atom. The third-order valence-electron chi connectivity index (χ3n) is 0. The number of rotatable bonds is 0. The molecule has 26 heavy (non-hydrogen) atoms. The van der Waals surface area contributed by atoms with Gasteiger partial charge >= 0.3 is 26.2 Å². The van der Waals surface area contributed by atoms with Crippen molar-refractivity contribution >= 4 is 35.8 Å². The summed E-state index contributed by atoms with van der Waals surface area (Å²) >= 11 is 0. The molecular formula is C12H22O13Zr. The van der Waals surface area contributed by atoms with Crippen molar-refractivity contribution in [3.8, 4) is 0 Å². The van der Waals surface area contributed by atoms with Gasteiger partial charge in [0.05, 0.1) is 0 Å². The third kappa shape index (κ3) is 1690. The molecule has 13 nitrogen and oxygen atoms in total. The van der Waals surface area contributed by atoms with Crippen LogP contribution in [0.4, 0.5) is 0 Å². The first-order valence-electron chi connectivity index (χ1n) is 5.49. The van der Waals surface area contributed by atoms with Gasteiger partial charge in [0.1, 0.15) is 0 Å². The molecule has 0 amide bonds. The Bertz CT molecular complexity index is 262. The monoisotopic (exact) mass is 464 g/mol. The fourth-order valence-electron chi connectivity index (χ4n) is 0. The maximum absolute atomic E-state index is 9.00. The van der Waals surface area contributed by atoms with Crippen LogP contribution in [0.2, 0.25) is 0 Å². The second-order valence-electron chi connectivity index (χ2n) is 3.00. The quantitative estimate of drug-likeness (QED) is 0.339. The van der Waals surface area contributed by atoms with E-state index in [0.717, 1.165) is 41.5 Å². The Morgan fingerprint density at radius 2 is 0.500 bits per heavy atom. The van der Waals surface area contributed by atoms with Crippen LogP contribution in [0.5, 0.6) is 0 Å². The van der Waals surface area contributed by atoms with E-state index in [-0.39, 0.29) is 31.7 Å². The maximum Gasteiger partial charge on any atom is 4.00 e. The zero-order valence-corrected chi connectivity index (χ0v) is 17.4. The average Bonchev–Trinajstić information content (AvgIpc) is 2.08. The van der Waals surface area contributed by atoms with E-state index in [1.54, 1.807) is 0 Å². The molecule has 0 saturated carbocycles. The second-order valence-corrected chi connectivity index (χ2v) is 3.00. The van der Waals surface area contributed by atoms with Crippen molar-refractivity contribution < 1.29 is 91.1 Å². The zero-order chi connectivity index (χ0) is 21.5. The Labute approximate surface area is 168 Å². The summed E-state index contributed by atoms with van der Waals surface area (Å²) in [4.78, 5) is 53.6. The molecule has 0 atom stereocenters. The molecule has 4 N–H and O–H groups in total. The summed E-state index contributed by atoms with van der Waals surface area (Å²) in [7, 11) is 0. The molecule has 0 aromatic carbocycles. The van der Waals surface area contributed by atoms with Crippen LogP contribution < -0.4 is 20.4 Å². The maximum atomic E-state index is 9.00. The fourth-order valence-corrected chi connectivity index (χ4v) is 0. The molecule has 0 aliphatic rings. The van der Waals surface area contributed by atoms with E-state index < -0.39 is 35.8 Å². The van der Waals surface area contributed by atoms with Crippen molar-refractivity contribution in [3.05, 3.63) is 0 Å². The molecule has 0 saturated heterocycles. The predicted octanol–water partition coefficient (Wildman–Crippen LogP) is -5.62. The van der Waals surface area contributed by atoms with Gasteiger partial charge in [-0.2, -0.15) is 0 Å². The molecule has 0 heterocycles. The smallest absolute Gasteiger partial charge is 0.550 e. The fraction of sp³-hybridized carbons (Fsp3) is 0.500. The molecule has 0 aromatic rings. The first-order chi connectivity index (χ1) is 10.4. The van der Waals surface area contributed by atoms with Crippen molar-refractivity contribution in [2.75, 3.05) is 0 Å². The standard InChI is InChI=1S/6C2H4O2.H2O.Zr/c6*1-2(3)4;;/h6*1H3,(H,3,4);1H2;/q;;;;;;;+4/p-4. The molecule has 0 aromatic heterocycles. The SMILES string of the molecule is CC(=O)O.CC(=O)O.CC(=O)[O-].CC(=O)[O-].CC(=O)[O-].CC(=O)[O-].O.[Zr+4]. The number of carboxylic acids is 6. The molecule has 0 aliphatic carbocycles. The summed E-state index contributed by atoms with van der Waals surface area (Å²) in [6.07, 6.45) is 0. The molecule has 0 fully saturated rings. The van der Waals surface area contributed by atoms with Crippen LogP contribution in [-0.4, -0.2) is 51.5 Å². The van der Waals surface area contributed by atoms with Gasteiger partial charge in [-0.1, -0.05) is 0 Å². The predicted molar refractivity (Wildman–Crippen MR) is 73.0 cm³/mol. The largest absolute Gasteiger partial charge is 4.00 e. The molecule has 0 spiro atoms. The first kappa shape index (κ1) is 49.5. The van der Waals surface area contributed by atoms with Gasteiger partial charge in [0.25, 0.3) is 11.9 Å². The molecule has 0 bridgehead atoms. The molecule has 14 heteroatoms. The number of carboxylic acid groups (broad SMARTS) is 6. The summed E-state index contributed by atoms with van der Waals surface area (Å²) in [6, 6.07) is 0. The van der Waals surface area contributed by atoms with Crippen molar-refractivity contribution in [1.82, 2.24) is 0 Å². The minimum atomic E-state index is -1.08. The number of hydrogen-bond donors (Lipinski definition) is 2. The van der Waals surface area contributed by atoms with Crippen LogP contribution in [0, 0.1) is 0 Å². The van der Waals surface area contributed by atoms with Crippen molar-refractivity contribution in [2.24, 2.45) is 0 Å². The van der Waals surface area contributed by atoms with E-state index in [4.69, 9.17) is 59.4 Å². The topological polar surface area (TPSA) is 267 Å². The number of aliphatic carboxylic acids is 6. The van der Waals surface area contributed by atoms with Gasteiger partial charge < -0.3 is 55.3 Å². The Kier molecular flexibility index (Phi) is 82.6. The van der Waals surface area contributed by atoms with Gasteiger partial charge in [0, 0.05) is 37.7 Å². The van der Waals surface area contributed by atoms with Gasteiger partial charge in [0.15, 0.2) is 0 Å². The summed E-state index contributed by atoms with van der Waals surface area (Å²) in [5.74, 6) is -6.00. The minimum absolute atomic E-state index is 0. The van der Waals surface area contributed by atoms with Crippen LogP contribution in [-0.2, 0) is 55.0 Å². The summed E-state index contributed by atoms with van der Waals surface area (Å²) < 4.78 is 0. The molecule has 0 radical (unpaired) electrons. The van der Waals surface area contributed by atoms with Crippen molar-refractivity contribution in [1.29, 1.82) is 0 Å². The van der Waals surface area contributed by atoms with Gasteiger partial charge in [-0.05, 0) is 27.7 Å². The van der Waals surface area contributed by atoms with Crippen LogP contribution in [0.25, 0.3) is 0 Å². The number of hydrogen-bond acceptors (Lipinski definition) is 10. The first-order valence-corrected chi connectivity index (χ1v) is 5.49. The van der Waals surface area contributed by atoms with Crippen molar-refractivity contribution in [3.63, 3.8) is 0 Å². The average molecular weight is 466 g/mol. The van der Waals surface area contributed by atoms with Crippen LogP contribution >= 0.6 is 0 Å². The van der Waals surface area contributed by atoms with Gasteiger partial charge in [-0.3, -0.25) is 9.59 Å². The van der Waals surface area contributed by atoms with E-state index >= 15 is 0 Å². The van der Waals surface area contributed by atoms with Crippen LogP contribution in [0.3, 0.4) is 0 Å². The molecule has 0 aliphatic heterocycles. The summed E-state index contributed by atoms with van der Waals surface area (Å²) in [5.41, 5.74) is 0. The summed E-state index contributed by atoms with van der Waals surface area (Å²) in [6.45, 7) is 6.06. The van der Waals surface area contributed by atoms with Crippen LogP contribution in [0.1, 0.15) is 41.5 Å². The van der Waals surface area contributed by atoms with Gasteiger partial charge in [-0.25, -0.2) is 0 Å². The third-order valence-corrected chi connectivity index (χ3v) is 0. The van der Waals surface area contributed by atoms with Gasteiger partial charge in [0.2, 0.25) is 0 Å². The molecule has 0 rings (SSSR count). The second kappa shape index (κ2) is 43.4. The van der Waals surface area contributed by atoms with Gasteiger partial charge in [-0.15, -0.1) is 0 Å². The Balaban J connectivity index is -0.0000000245. The molecule has 152 valence electrons. The normalized spacial score (nSPS) is 5.77.